The third-order valence-electron chi connectivity index (χ3n) is 3.33. The van der Waals surface area contributed by atoms with Crippen LogP contribution in [0.2, 0.25) is 0 Å². The van der Waals surface area contributed by atoms with Crippen molar-refractivity contribution in [1.29, 1.82) is 0 Å². The van der Waals surface area contributed by atoms with Crippen LogP contribution in [-0.4, -0.2) is 19.3 Å². The Hall–Kier alpha value is -1.22. The lowest BCUT2D eigenvalue weighted by atomic mass is 10.1. The average molecular weight is 293 g/mol. The highest BCUT2D eigenvalue weighted by atomic mass is 16.5. The molecule has 1 rings (SSSR count). The molecule has 0 fully saturated rings. The summed E-state index contributed by atoms with van der Waals surface area (Å²) < 4.78 is 11.3. The summed E-state index contributed by atoms with van der Waals surface area (Å²) in [4.78, 5) is 0. The van der Waals surface area contributed by atoms with E-state index in [2.05, 4.69) is 39.1 Å². The molecule has 0 amide bonds. The maximum absolute atomic E-state index is 5.95. The Kier molecular flexibility index (Phi) is 7.58. The zero-order chi connectivity index (χ0) is 15.7. The summed E-state index contributed by atoms with van der Waals surface area (Å²) in [6.45, 7) is 10.3. The van der Waals surface area contributed by atoms with E-state index in [0.29, 0.717) is 0 Å². The summed E-state index contributed by atoms with van der Waals surface area (Å²) >= 11 is 0. The fourth-order valence-electron chi connectivity index (χ4n) is 2.03. The number of hydrogen-bond donors (Lipinski definition) is 1. The summed E-state index contributed by atoms with van der Waals surface area (Å²) in [6, 6.07) is 6.03. The zero-order valence-corrected chi connectivity index (χ0v) is 14.3. The van der Waals surface area contributed by atoms with Gasteiger partial charge < -0.3 is 14.8 Å². The van der Waals surface area contributed by atoms with Gasteiger partial charge in [-0.05, 0) is 45.4 Å². The highest BCUT2D eigenvalue weighted by Gasteiger charge is 2.12. The summed E-state index contributed by atoms with van der Waals surface area (Å²) in [5.74, 6) is 1.84. The van der Waals surface area contributed by atoms with E-state index in [1.165, 1.54) is 19.3 Å². The van der Waals surface area contributed by atoms with Gasteiger partial charge in [-0.1, -0.05) is 26.2 Å². The predicted octanol–water partition coefficient (Wildman–Crippen LogP) is 4.54. The number of rotatable bonds is 9. The molecule has 3 heteroatoms. The summed E-state index contributed by atoms with van der Waals surface area (Å²) in [5, 5.41) is 3.51. The van der Waals surface area contributed by atoms with Gasteiger partial charge in [0.15, 0.2) is 0 Å². The van der Waals surface area contributed by atoms with Gasteiger partial charge in [0.25, 0.3) is 0 Å². The number of benzene rings is 1. The molecule has 0 spiro atoms. The summed E-state index contributed by atoms with van der Waals surface area (Å²) in [6.07, 6.45) is 4.89. The molecule has 0 heterocycles. The van der Waals surface area contributed by atoms with Gasteiger partial charge in [-0.2, -0.15) is 0 Å². The topological polar surface area (TPSA) is 30.5 Å². The first-order valence-electron chi connectivity index (χ1n) is 8.01. The maximum atomic E-state index is 5.95. The Morgan fingerprint density at radius 1 is 1.10 bits per heavy atom. The molecule has 0 aromatic heterocycles. The van der Waals surface area contributed by atoms with Crippen molar-refractivity contribution in [2.75, 3.05) is 13.7 Å². The first kappa shape index (κ1) is 17.8. The van der Waals surface area contributed by atoms with E-state index in [1.807, 2.05) is 12.1 Å². The van der Waals surface area contributed by atoms with E-state index < -0.39 is 0 Å². The lowest BCUT2D eigenvalue weighted by Crippen LogP contribution is -2.35. The minimum atomic E-state index is 0.0848. The van der Waals surface area contributed by atoms with Gasteiger partial charge in [-0.3, -0.25) is 0 Å². The third-order valence-corrected chi connectivity index (χ3v) is 3.33. The first-order valence-corrected chi connectivity index (χ1v) is 8.01. The Bertz CT molecular complexity index is 410. The molecule has 1 aromatic carbocycles. The second-order valence-corrected chi connectivity index (χ2v) is 6.49. The van der Waals surface area contributed by atoms with Crippen LogP contribution in [0.5, 0.6) is 11.5 Å². The van der Waals surface area contributed by atoms with E-state index in [-0.39, 0.29) is 5.54 Å². The van der Waals surface area contributed by atoms with E-state index in [0.717, 1.165) is 36.6 Å². The van der Waals surface area contributed by atoms with Crippen LogP contribution < -0.4 is 14.8 Å². The number of nitrogens with one attached hydrogen (secondary N) is 1. The molecule has 0 saturated heterocycles. The molecule has 0 saturated carbocycles. The van der Waals surface area contributed by atoms with Gasteiger partial charge in [-0.15, -0.1) is 0 Å². The van der Waals surface area contributed by atoms with Crippen molar-refractivity contribution in [3.63, 3.8) is 0 Å². The van der Waals surface area contributed by atoms with Gasteiger partial charge in [-0.25, -0.2) is 0 Å². The van der Waals surface area contributed by atoms with Crippen molar-refractivity contribution in [2.45, 2.75) is 65.5 Å². The molecule has 0 aliphatic heterocycles. The third kappa shape index (κ3) is 7.37. The maximum Gasteiger partial charge on any atom is 0.124 e. The molecule has 0 unspecified atom stereocenters. The lowest BCUT2D eigenvalue weighted by Gasteiger charge is -2.22. The van der Waals surface area contributed by atoms with Gasteiger partial charge >= 0.3 is 0 Å². The fraction of sp³-hybridized carbons (Fsp3) is 0.667. The molecular formula is C18H31NO2. The van der Waals surface area contributed by atoms with Gasteiger partial charge in [0.1, 0.15) is 11.5 Å². The van der Waals surface area contributed by atoms with Gasteiger partial charge in [0.2, 0.25) is 0 Å². The van der Waals surface area contributed by atoms with Crippen molar-refractivity contribution >= 4 is 0 Å². The minimum absolute atomic E-state index is 0.0848. The number of methoxy groups -OCH3 is 1. The zero-order valence-electron chi connectivity index (χ0n) is 14.3. The molecule has 0 aliphatic rings. The molecule has 120 valence electrons. The number of unbranched alkanes of at least 4 members (excludes halogenated alkanes) is 3. The minimum Gasteiger partial charge on any atom is -0.497 e. The molecule has 21 heavy (non-hydrogen) atoms. The van der Waals surface area contributed by atoms with Crippen LogP contribution in [0.4, 0.5) is 0 Å². The summed E-state index contributed by atoms with van der Waals surface area (Å²) in [5.41, 5.74) is 1.24. The predicted molar refractivity (Wildman–Crippen MR) is 89.2 cm³/mol. The van der Waals surface area contributed by atoms with Crippen molar-refractivity contribution < 1.29 is 9.47 Å². The second-order valence-electron chi connectivity index (χ2n) is 6.49. The SMILES string of the molecule is CCCCCCOc1ccc(OC)cc1CNC(C)(C)C. The average Bonchev–Trinajstić information content (AvgIpc) is 2.44. The van der Waals surface area contributed by atoms with Crippen molar-refractivity contribution in [3.05, 3.63) is 23.8 Å². The first-order chi connectivity index (χ1) is 9.96. The molecule has 0 aliphatic carbocycles. The van der Waals surface area contributed by atoms with E-state index in [4.69, 9.17) is 9.47 Å². The normalized spacial score (nSPS) is 11.5. The largest absolute Gasteiger partial charge is 0.497 e. The summed E-state index contributed by atoms with van der Waals surface area (Å²) in [7, 11) is 1.70. The lowest BCUT2D eigenvalue weighted by molar-refractivity contribution is 0.298. The standard InChI is InChI=1S/C18H31NO2/c1-6-7-8-9-12-21-17-11-10-16(20-5)13-15(17)14-19-18(2,3)4/h10-11,13,19H,6-9,12,14H2,1-5H3. The molecule has 0 atom stereocenters. The van der Waals surface area contributed by atoms with E-state index >= 15 is 0 Å². The monoisotopic (exact) mass is 293 g/mol. The second kappa shape index (κ2) is 8.93. The van der Waals surface area contributed by atoms with Crippen LogP contribution >= 0.6 is 0 Å². The quantitative estimate of drug-likeness (QED) is 0.678. The Balaban J connectivity index is 2.63. The van der Waals surface area contributed by atoms with Crippen LogP contribution in [-0.2, 0) is 6.54 Å². The van der Waals surface area contributed by atoms with Crippen molar-refractivity contribution in [3.8, 4) is 11.5 Å². The Morgan fingerprint density at radius 3 is 2.48 bits per heavy atom. The molecule has 1 aromatic rings. The number of hydrogen-bond acceptors (Lipinski definition) is 3. The smallest absolute Gasteiger partial charge is 0.124 e. The van der Waals surface area contributed by atoms with E-state index in [1.54, 1.807) is 7.11 Å². The van der Waals surface area contributed by atoms with Crippen LogP contribution in [0.3, 0.4) is 0 Å². The number of ether oxygens (including phenoxy) is 2. The van der Waals surface area contributed by atoms with Gasteiger partial charge in [0, 0.05) is 17.6 Å². The molecular weight excluding hydrogens is 262 g/mol. The molecule has 0 radical (unpaired) electrons. The van der Waals surface area contributed by atoms with Gasteiger partial charge in [0.05, 0.1) is 13.7 Å². The molecule has 0 bridgehead atoms. The highest BCUT2D eigenvalue weighted by molar-refractivity contribution is 5.40. The molecule has 3 nitrogen and oxygen atoms in total. The van der Waals surface area contributed by atoms with Crippen LogP contribution in [0.15, 0.2) is 18.2 Å². The van der Waals surface area contributed by atoms with Crippen molar-refractivity contribution in [1.82, 2.24) is 5.32 Å². The van der Waals surface area contributed by atoms with Crippen LogP contribution in [0.1, 0.15) is 58.9 Å². The Morgan fingerprint density at radius 2 is 1.86 bits per heavy atom. The Labute approximate surface area is 130 Å². The van der Waals surface area contributed by atoms with Crippen molar-refractivity contribution in [2.24, 2.45) is 0 Å². The fourth-order valence-corrected chi connectivity index (χ4v) is 2.03. The highest BCUT2D eigenvalue weighted by Crippen LogP contribution is 2.25. The van der Waals surface area contributed by atoms with Crippen LogP contribution in [0, 0.1) is 0 Å². The van der Waals surface area contributed by atoms with E-state index in [9.17, 15) is 0 Å². The molecule has 1 N–H and O–H groups in total. The van der Waals surface area contributed by atoms with Crippen LogP contribution in [0.25, 0.3) is 0 Å².